The van der Waals surface area contributed by atoms with E-state index in [1.54, 1.807) is 0 Å². The third-order valence-electron chi connectivity index (χ3n) is 1.77. The Bertz CT molecular complexity index is 360. The predicted octanol–water partition coefficient (Wildman–Crippen LogP) is 3.67. The van der Waals surface area contributed by atoms with Gasteiger partial charge in [0.05, 0.1) is 21.5 Å². The largest absolute Gasteiger partial charge is 0.383 e. The Labute approximate surface area is 97.0 Å². The Morgan fingerprint density at radius 3 is 3.00 bits per heavy atom. The van der Waals surface area contributed by atoms with E-state index in [0.717, 1.165) is 10.2 Å². The number of nitrogens with zero attached hydrogens (tertiary/aromatic N) is 1. The van der Waals surface area contributed by atoms with Gasteiger partial charge in [-0.25, -0.2) is 0 Å². The van der Waals surface area contributed by atoms with E-state index in [1.165, 1.54) is 0 Å². The second kappa shape index (κ2) is 5.23. The molecule has 1 aromatic rings. The van der Waals surface area contributed by atoms with E-state index in [4.69, 9.17) is 16.9 Å². The first-order chi connectivity index (χ1) is 6.65. The molecule has 0 radical (unpaired) electrons. The number of nitrogens with one attached hydrogen (secondary N) is 1. The maximum Gasteiger partial charge on any atom is 0.0671 e. The van der Waals surface area contributed by atoms with E-state index in [1.807, 2.05) is 25.1 Å². The van der Waals surface area contributed by atoms with Crippen LogP contribution in [0.25, 0.3) is 0 Å². The molecule has 0 aliphatic heterocycles. The van der Waals surface area contributed by atoms with Crippen molar-refractivity contribution in [1.82, 2.24) is 0 Å². The van der Waals surface area contributed by atoms with Gasteiger partial charge in [0.15, 0.2) is 0 Å². The highest BCUT2D eigenvalue weighted by atomic mass is 79.9. The van der Waals surface area contributed by atoms with E-state index in [0.29, 0.717) is 11.6 Å². The van der Waals surface area contributed by atoms with Crippen LogP contribution in [0, 0.1) is 17.2 Å². The summed E-state index contributed by atoms with van der Waals surface area (Å²) < 4.78 is 0.840. The van der Waals surface area contributed by atoms with E-state index in [9.17, 15) is 0 Å². The number of hydrogen-bond acceptors (Lipinski definition) is 2. The molecule has 0 aliphatic carbocycles. The molecule has 0 aromatic heterocycles. The molecule has 0 bridgehead atoms. The summed E-state index contributed by atoms with van der Waals surface area (Å²) in [6.45, 7) is 2.49. The Morgan fingerprint density at radius 1 is 1.64 bits per heavy atom. The van der Waals surface area contributed by atoms with Crippen LogP contribution in [0.5, 0.6) is 0 Å². The van der Waals surface area contributed by atoms with Crippen LogP contribution in [0.1, 0.15) is 6.92 Å². The zero-order valence-electron chi connectivity index (χ0n) is 7.72. The summed E-state index contributed by atoms with van der Waals surface area (Å²) in [5.74, 6) is -0.0131. The zero-order chi connectivity index (χ0) is 10.6. The summed E-state index contributed by atoms with van der Waals surface area (Å²) in [5.41, 5.74) is 0.916. The summed E-state index contributed by atoms with van der Waals surface area (Å²) in [6, 6.07) is 7.75. The van der Waals surface area contributed by atoms with Gasteiger partial charge in [-0.05, 0) is 35.0 Å². The fourth-order valence-electron chi connectivity index (χ4n) is 0.949. The van der Waals surface area contributed by atoms with E-state index >= 15 is 0 Å². The van der Waals surface area contributed by atoms with Crippen molar-refractivity contribution in [1.29, 1.82) is 5.26 Å². The Balaban J connectivity index is 2.69. The van der Waals surface area contributed by atoms with Crippen molar-refractivity contribution in [3.05, 3.63) is 27.7 Å². The maximum atomic E-state index is 8.61. The molecule has 2 nitrogen and oxygen atoms in total. The Kier molecular flexibility index (Phi) is 4.24. The number of benzene rings is 1. The first-order valence-corrected chi connectivity index (χ1v) is 5.39. The molecule has 0 spiro atoms. The minimum absolute atomic E-state index is 0.0131. The molecule has 1 unspecified atom stereocenters. The lowest BCUT2D eigenvalue weighted by Crippen LogP contribution is -2.09. The summed E-state index contributed by atoms with van der Waals surface area (Å²) in [6.07, 6.45) is 0. The first-order valence-electron chi connectivity index (χ1n) is 4.22. The average molecular weight is 274 g/mol. The van der Waals surface area contributed by atoms with Crippen LogP contribution >= 0.6 is 27.5 Å². The smallest absolute Gasteiger partial charge is 0.0671 e. The third-order valence-corrected chi connectivity index (χ3v) is 3.17. The lowest BCUT2D eigenvalue weighted by molar-refractivity contribution is 0.786. The molecule has 74 valence electrons. The molecule has 1 rings (SSSR count). The van der Waals surface area contributed by atoms with Crippen molar-refractivity contribution in [3.63, 3.8) is 0 Å². The molecular weight excluding hydrogens is 263 g/mol. The third kappa shape index (κ3) is 2.90. The molecule has 0 fully saturated rings. The van der Waals surface area contributed by atoms with E-state index < -0.39 is 0 Å². The lowest BCUT2D eigenvalue weighted by atomic mass is 10.2. The fourth-order valence-corrected chi connectivity index (χ4v) is 1.53. The highest BCUT2D eigenvalue weighted by Crippen LogP contribution is 2.29. The number of anilines is 1. The summed E-state index contributed by atoms with van der Waals surface area (Å²) in [5, 5.41) is 12.4. The molecule has 0 saturated heterocycles. The summed E-state index contributed by atoms with van der Waals surface area (Å²) >= 11 is 9.29. The number of hydrogen-bond donors (Lipinski definition) is 1. The van der Waals surface area contributed by atoms with Gasteiger partial charge in [-0.1, -0.05) is 17.7 Å². The Morgan fingerprint density at radius 2 is 2.36 bits per heavy atom. The van der Waals surface area contributed by atoms with Gasteiger partial charge in [0.25, 0.3) is 0 Å². The molecule has 1 atom stereocenters. The van der Waals surface area contributed by atoms with Crippen molar-refractivity contribution in [3.8, 4) is 6.07 Å². The van der Waals surface area contributed by atoms with Gasteiger partial charge in [0.1, 0.15) is 0 Å². The molecule has 0 heterocycles. The number of nitriles is 1. The average Bonchev–Trinajstić information content (AvgIpc) is 2.20. The van der Waals surface area contributed by atoms with Crippen LogP contribution in [0.4, 0.5) is 5.69 Å². The molecule has 1 N–H and O–H groups in total. The van der Waals surface area contributed by atoms with Crippen LogP contribution in [0.3, 0.4) is 0 Å². The second-order valence-corrected chi connectivity index (χ2v) is 4.21. The molecule has 4 heteroatoms. The topological polar surface area (TPSA) is 35.8 Å². The Hall–Kier alpha value is -0.720. The summed E-state index contributed by atoms with van der Waals surface area (Å²) in [7, 11) is 0. The van der Waals surface area contributed by atoms with Crippen LogP contribution in [-0.2, 0) is 0 Å². The fraction of sp³-hybridized carbons (Fsp3) is 0.300. The van der Waals surface area contributed by atoms with Crippen molar-refractivity contribution >= 4 is 33.2 Å². The van der Waals surface area contributed by atoms with Crippen LogP contribution in [0.15, 0.2) is 22.7 Å². The van der Waals surface area contributed by atoms with Crippen molar-refractivity contribution in [2.45, 2.75) is 6.92 Å². The van der Waals surface area contributed by atoms with Crippen LogP contribution < -0.4 is 5.32 Å². The van der Waals surface area contributed by atoms with Crippen LogP contribution in [-0.4, -0.2) is 6.54 Å². The normalized spacial score (nSPS) is 11.9. The highest BCUT2D eigenvalue weighted by Gasteiger charge is 2.04. The van der Waals surface area contributed by atoms with Gasteiger partial charge in [0.2, 0.25) is 0 Å². The van der Waals surface area contributed by atoms with Gasteiger partial charge in [-0.15, -0.1) is 0 Å². The monoisotopic (exact) mass is 272 g/mol. The zero-order valence-corrected chi connectivity index (χ0v) is 10.1. The summed E-state index contributed by atoms with van der Waals surface area (Å²) in [4.78, 5) is 0. The highest BCUT2D eigenvalue weighted by molar-refractivity contribution is 9.10. The SMILES string of the molecule is CC(C#N)CNc1cccc(Cl)c1Br. The van der Waals surface area contributed by atoms with Crippen molar-refractivity contribution in [2.75, 3.05) is 11.9 Å². The molecule has 1 aromatic carbocycles. The molecule has 0 aliphatic rings. The molecular formula is C10H10BrClN2. The predicted molar refractivity (Wildman–Crippen MR) is 62.4 cm³/mol. The molecule has 0 saturated carbocycles. The van der Waals surface area contributed by atoms with E-state index in [-0.39, 0.29) is 5.92 Å². The van der Waals surface area contributed by atoms with Gasteiger partial charge in [0, 0.05) is 12.2 Å². The molecule has 0 amide bonds. The number of halogens is 2. The van der Waals surface area contributed by atoms with Crippen molar-refractivity contribution < 1.29 is 0 Å². The quantitative estimate of drug-likeness (QED) is 0.912. The molecule has 14 heavy (non-hydrogen) atoms. The van der Waals surface area contributed by atoms with Gasteiger partial charge in [-0.3, -0.25) is 0 Å². The van der Waals surface area contributed by atoms with Crippen molar-refractivity contribution in [2.24, 2.45) is 5.92 Å². The second-order valence-electron chi connectivity index (χ2n) is 3.01. The maximum absolute atomic E-state index is 8.61. The lowest BCUT2D eigenvalue weighted by Gasteiger charge is -2.09. The van der Waals surface area contributed by atoms with Gasteiger partial charge in [-0.2, -0.15) is 5.26 Å². The van der Waals surface area contributed by atoms with Gasteiger partial charge >= 0.3 is 0 Å². The number of rotatable bonds is 3. The minimum Gasteiger partial charge on any atom is -0.383 e. The van der Waals surface area contributed by atoms with Crippen LogP contribution in [0.2, 0.25) is 5.02 Å². The van der Waals surface area contributed by atoms with E-state index in [2.05, 4.69) is 27.3 Å². The van der Waals surface area contributed by atoms with Gasteiger partial charge < -0.3 is 5.32 Å². The first kappa shape index (κ1) is 11.4. The standard InChI is InChI=1S/C10H10BrClN2/c1-7(5-13)6-14-9-4-2-3-8(12)10(9)11/h2-4,7,14H,6H2,1H3. The minimum atomic E-state index is -0.0131.